The molecule has 0 radical (unpaired) electrons. The zero-order chi connectivity index (χ0) is 11.9. The van der Waals surface area contributed by atoms with E-state index in [4.69, 9.17) is 10.5 Å². The van der Waals surface area contributed by atoms with E-state index in [0.717, 1.165) is 45.2 Å². The van der Waals surface area contributed by atoms with Crippen molar-refractivity contribution in [3.05, 3.63) is 0 Å². The van der Waals surface area contributed by atoms with Gasteiger partial charge in [0.15, 0.2) is 0 Å². The van der Waals surface area contributed by atoms with Crippen LogP contribution in [0.5, 0.6) is 0 Å². The molecule has 1 aliphatic carbocycles. The molecule has 1 fully saturated rings. The van der Waals surface area contributed by atoms with E-state index >= 15 is 0 Å². The van der Waals surface area contributed by atoms with E-state index in [1.807, 2.05) is 0 Å². The van der Waals surface area contributed by atoms with Crippen molar-refractivity contribution >= 4 is 5.91 Å². The fraction of sp³-hybridized carbons (Fsp3) is 0.917. The maximum absolute atomic E-state index is 11.6. The number of nitrogens with two attached hydrogens (primary N) is 1. The predicted octanol–water partition coefficient (Wildman–Crippen LogP) is 1.19. The number of nitrogens with one attached hydrogen (secondary N) is 1. The molecule has 0 atom stereocenters. The van der Waals surface area contributed by atoms with E-state index in [1.54, 1.807) is 7.11 Å². The molecule has 94 valence electrons. The van der Waals surface area contributed by atoms with Gasteiger partial charge in [-0.15, -0.1) is 0 Å². The van der Waals surface area contributed by atoms with Crippen LogP contribution in [0.25, 0.3) is 0 Å². The number of carbonyl (C=O) groups is 1. The molecule has 0 aromatic carbocycles. The molecule has 0 bridgehead atoms. The molecule has 4 nitrogen and oxygen atoms in total. The van der Waals surface area contributed by atoms with E-state index in [1.165, 1.54) is 6.42 Å². The van der Waals surface area contributed by atoms with Gasteiger partial charge < -0.3 is 15.8 Å². The first-order valence-corrected chi connectivity index (χ1v) is 6.24. The molecule has 1 amide bonds. The van der Waals surface area contributed by atoms with Crippen molar-refractivity contribution < 1.29 is 9.53 Å². The summed E-state index contributed by atoms with van der Waals surface area (Å²) in [5, 5.41) is 2.94. The molecular formula is C12H24N2O2. The summed E-state index contributed by atoms with van der Waals surface area (Å²) in [4.78, 5) is 11.6. The van der Waals surface area contributed by atoms with Gasteiger partial charge in [0.2, 0.25) is 5.91 Å². The number of hydrogen-bond donors (Lipinski definition) is 2. The summed E-state index contributed by atoms with van der Waals surface area (Å²) in [6.45, 7) is 1.50. The normalized spacial score (nSPS) is 17.9. The number of ether oxygens (including phenoxy) is 1. The van der Waals surface area contributed by atoms with Crippen molar-refractivity contribution in [2.45, 2.75) is 50.5 Å². The lowest BCUT2D eigenvalue weighted by molar-refractivity contribution is -0.134. The third-order valence-electron chi connectivity index (χ3n) is 3.38. The maximum Gasteiger partial charge on any atom is 0.222 e. The van der Waals surface area contributed by atoms with Crippen molar-refractivity contribution in [2.75, 3.05) is 20.2 Å². The Hall–Kier alpha value is -0.610. The number of rotatable bonds is 8. The second-order valence-corrected chi connectivity index (χ2v) is 4.62. The van der Waals surface area contributed by atoms with Crippen LogP contribution >= 0.6 is 0 Å². The standard InChI is InChI=1S/C12H24N2O2/c1-16-12(6-5-7-12)10-11(15)14-9-4-2-3-8-13/h2-10,13H2,1H3,(H,14,15). The van der Waals surface area contributed by atoms with Gasteiger partial charge >= 0.3 is 0 Å². The highest BCUT2D eigenvalue weighted by molar-refractivity contribution is 5.77. The van der Waals surface area contributed by atoms with E-state index in [-0.39, 0.29) is 11.5 Å². The monoisotopic (exact) mass is 228 g/mol. The van der Waals surface area contributed by atoms with Crippen LogP contribution < -0.4 is 11.1 Å². The second-order valence-electron chi connectivity index (χ2n) is 4.62. The first kappa shape index (κ1) is 13.5. The van der Waals surface area contributed by atoms with Gasteiger partial charge in [-0.1, -0.05) is 6.42 Å². The Morgan fingerprint density at radius 2 is 2.12 bits per heavy atom. The lowest BCUT2D eigenvalue weighted by Gasteiger charge is -2.39. The van der Waals surface area contributed by atoms with Gasteiger partial charge in [-0.3, -0.25) is 4.79 Å². The van der Waals surface area contributed by atoms with Crippen LogP contribution in [0.2, 0.25) is 0 Å². The lowest BCUT2D eigenvalue weighted by atomic mass is 9.77. The van der Waals surface area contributed by atoms with Gasteiger partial charge in [-0.2, -0.15) is 0 Å². The highest BCUT2D eigenvalue weighted by Gasteiger charge is 2.38. The Labute approximate surface area is 97.9 Å². The molecule has 4 heteroatoms. The predicted molar refractivity (Wildman–Crippen MR) is 64.1 cm³/mol. The molecule has 0 aromatic rings. The maximum atomic E-state index is 11.6. The lowest BCUT2D eigenvalue weighted by Crippen LogP contribution is -2.44. The van der Waals surface area contributed by atoms with Gasteiger partial charge in [0.25, 0.3) is 0 Å². The summed E-state index contributed by atoms with van der Waals surface area (Å²) in [5.74, 6) is 0.120. The third kappa shape index (κ3) is 4.10. The molecule has 0 unspecified atom stereocenters. The molecule has 16 heavy (non-hydrogen) atoms. The average molecular weight is 228 g/mol. The summed E-state index contributed by atoms with van der Waals surface area (Å²) in [5.41, 5.74) is 5.24. The quantitative estimate of drug-likeness (QED) is 0.613. The van der Waals surface area contributed by atoms with Crippen LogP contribution in [-0.4, -0.2) is 31.7 Å². The topological polar surface area (TPSA) is 64.3 Å². The summed E-state index contributed by atoms with van der Waals surface area (Å²) in [6, 6.07) is 0. The van der Waals surface area contributed by atoms with Crippen molar-refractivity contribution in [3.63, 3.8) is 0 Å². The summed E-state index contributed by atoms with van der Waals surface area (Å²) in [7, 11) is 1.70. The van der Waals surface area contributed by atoms with Gasteiger partial charge in [0.05, 0.1) is 12.0 Å². The van der Waals surface area contributed by atoms with Crippen molar-refractivity contribution in [1.29, 1.82) is 0 Å². The van der Waals surface area contributed by atoms with Crippen molar-refractivity contribution in [2.24, 2.45) is 5.73 Å². The van der Waals surface area contributed by atoms with Crippen LogP contribution in [0, 0.1) is 0 Å². The van der Waals surface area contributed by atoms with Gasteiger partial charge in [-0.25, -0.2) is 0 Å². The molecular weight excluding hydrogens is 204 g/mol. The minimum absolute atomic E-state index is 0.120. The minimum atomic E-state index is -0.151. The third-order valence-corrected chi connectivity index (χ3v) is 3.38. The summed E-state index contributed by atoms with van der Waals surface area (Å²) in [6.07, 6.45) is 6.87. The molecule has 0 saturated heterocycles. The van der Waals surface area contributed by atoms with Crippen molar-refractivity contribution in [3.8, 4) is 0 Å². The van der Waals surface area contributed by atoms with Crippen LogP contribution in [0.3, 0.4) is 0 Å². The van der Waals surface area contributed by atoms with Crippen LogP contribution in [0.15, 0.2) is 0 Å². The molecule has 0 spiro atoms. The molecule has 3 N–H and O–H groups in total. The zero-order valence-corrected chi connectivity index (χ0v) is 10.3. The fourth-order valence-corrected chi connectivity index (χ4v) is 2.05. The van der Waals surface area contributed by atoms with Gasteiger partial charge in [0.1, 0.15) is 0 Å². The Bertz CT molecular complexity index is 210. The number of amides is 1. The zero-order valence-electron chi connectivity index (χ0n) is 10.3. The van der Waals surface area contributed by atoms with E-state index in [2.05, 4.69) is 5.32 Å². The Morgan fingerprint density at radius 1 is 1.38 bits per heavy atom. The first-order chi connectivity index (χ1) is 7.72. The smallest absolute Gasteiger partial charge is 0.222 e. The molecule has 1 aliphatic rings. The van der Waals surface area contributed by atoms with E-state index in [0.29, 0.717) is 6.42 Å². The highest BCUT2D eigenvalue weighted by Crippen LogP contribution is 2.37. The second kappa shape index (κ2) is 6.86. The van der Waals surface area contributed by atoms with E-state index in [9.17, 15) is 4.79 Å². The SMILES string of the molecule is COC1(CC(=O)NCCCCCN)CCC1. The van der Waals surface area contributed by atoms with Crippen LogP contribution in [-0.2, 0) is 9.53 Å². The number of methoxy groups -OCH3 is 1. The van der Waals surface area contributed by atoms with E-state index < -0.39 is 0 Å². The number of carbonyl (C=O) groups excluding carboxylic acids is 1. The number of unbranched alkanes of at least 4 members (excludes halogenated alkanes) is 2. The van der Waals surface area contributed by atoms with Crippen molar-refractivity contribution in [1.82, 2.24) is 5.32 Å². The molecule has 0 aliphatic heterocycles. The fourth-order valence-electron chi connectivity index (χ4n) is 2.05. The largest absolute Gasteiger partial charge is 0.378 e. The summed E-state index contributed by atoms with van der Waals surface area (Å²) < 4.78 is 5.41. The Balaban J connectivity index is 2.06. The Morgan fingerprint density at radius 3 is 2.62 bits per heavy atom. The molecule has 0 aromatic heterocycles. The molecule has 1 rings (SSSR count). The summed E-state index contributed by atoms with van der Waals surface area (Å²) >= 11 is 0. The number of hydrogen-bond acceptors (Lipinski definition) is 3. The first-order valence-electron chi connectivity index (χ1n) is 6.24. The van der Waals surface area contributed by atoms with Crippen LogP contribution in [0.1, 0.15) is 44.9 Å². The molecule has 1 saturated carbocycles. The minimum Gasteiger partial charge on any atom is -0.378 e. The van der Waals surface area contributed by atoms with Gasteiger partial charge in [0, 0.05) is 13.7 Å². The average Bonchev–Trinajstić information content (AvgIpc) is 2.23. The molecule has 0 heterocycles. The highest BCUT2D eigenvalue weighted by atomic mass is 16.5. The van der Waals surface area contributed by atoms with Crippen LogP contribution in [0.4, 0.5) is 0 Å². The Kier molecular flexibility index (Phi) is 5.77. The van der Waals surface area contributed by atoms with Gasteiger partial charge in [-0.05, 0) is 38.6 Å².